The molecule has 9 aromatic rings. The fourth-order valence-electron chi connectivity index (χ4n) is 6.23. The van der Waals surface area contributed by atoms with Crippen LogP contribution in [0.1, 0.15) is 0 Å². The van der Waals surface area contributed by atoms with Crippen molar-refractivity contribution in [3.8, 4) is 67.9 Å². The zero-order valence-electron chi connectivity index (χ0n) is 26.4. The topological polar surface area (TPSA) is 64.7 Å². The summed E-state index contributed by atoms with van der Waals surface area (Å²) in [6, 6.07) is 57.8. The highest BCUT2D eigenvalue weighted by Crippen LogP contribution is 2.35. The van der Waals surface area contributed by atoms with Gasteiger partial charge in [0.1, 0.15) is 5.52 Å². The Morgan fingerprint density at radius 3 is 1.45 bits per heavy atom. The van der Waals surface area contributed by atoms with Crippen molar-refractivity contribution < 1.29 is 4.42 Å². The van der Waals surface area contributed by atoms with Crippen molar-refractivity contribution in [1.82, 2.24) is 19.9 Å². The number of para-hydroxylation sites is 1. The summed E-state index contributed by atoms with van der Waals surface area (Å²) >= 11 is 0. The Hall–Kier alpha value is -6.72. The van der Waals surface area contributed by atoms with Gasteiger partial charge < -0.3 is 4.42 Å². The van der Waals surface area contributed by atoms with E-state index in [1.807, 2.05) is 78.9 Å². The van der Waals surface area contributed by atoms with E-state index in [-0.39, 0.29) is 0 Å². The normalized spacial score (nSPS) is 11.3. The Kier molecular flexibility index (Phi) is 7.06. The second kappa shape index (κ2) is 12.1. The Balaban J connectivity index is 1.10. The minimum Gasteiger partial charge on any atom is -0.436 e. The van der Waals surface area contributed by atoms with E-state index >= 15 is 0 Å². The van der Waals surface area contributed by atoms with Crippen molar-refractivity contribution >= 4 is 21.9 Å². The summed E-state index contributed by atoms with van der Waals surface area (Å²) in [5.41, 5.74) is 9.79. The molecule has 0 radical (unpaired) electrons. The van der Waals surface area contributed by atoms with Crippen molar-refractivity contribution in [2.45, 2.75) is 0 Å². The largest absolute Gasteiger partial charge is 0.436 e. The maximum absolute atomic E-state index is 6.15. The number of oxazole rings is 1. The van der Waals surface area contributed by atoms with Crippen LogP contribution >= 0.6 is 0 Å². The summed E-state index contributed by atoms with van der Waals surface area (Å²) in [6.45, 7) is 0. The van der Waals surface area contributed by atoms with Gasteiger partial charge >= 0.3 is 0 Å². The lowest BCUT2D eigenvalue weighted by Crippen LogP contribution is -2.00. The third-order valence-corrected chi connectivity index (χ3v) is 8.77. The second-order valence-electron chi connectivity index (χ2n) is 11.9. The van der Waals surface area contributed by atoms with E-state index in [2.05, 4.69) is 91.0 Å². The molecule has 0 atom stereocenters. The van der Waals surface area contributed by atoms with E-state index < -0.39 is 0 Å². The third kappa shape index (κ3) is 5.53. The van der Waals surface area contributed by atoms with Gasteiger partial charge in [0.25, 0.3) is 0 Å². The van der Waals surface area contributed by atoms with Crippen molar-refractivity contribution in [1.29, 1.82) is 0 Å². The number of nitrogens with zero attached hydrogens (tertiary/aromatic N) is 4. The van der Waals surface area contributed by atoms with E-state index in [9.17, 15) is 0 Å². The lowest BCUT2D eigenvalue weighted by atomic mass is 9.99. The van der Waals surface area contributed by atoms with Gasteiger partial charge in [0.05, 0.1) is 0 Å². The summed E-state index contributed by atoms with van der Waals surface area (Å²) < 4.78 is 6.15. The van der Waals surface area contributed by atoms with Crippen LogP contribution < -0.4 is 0 Å². The van der Waals surface area contributed by atoms with Crippen LogP contribution in [-0.4, -0.2) is 19.9 Å². The molecular formula is C44H28N4O. The molecule has 230 valence electrons. The predicted octanol–water partition coefficient (Wildman–Crippen LogP) is 11.2. The molecular weight excluding hydrogens is 601 g/mol. The van der Waals surface area contributed by atoms with Crippen molar-refractivity contribution in [2.75, 3.05) is 0 Å². The van der Waals surface area contributed by atoms with Gasteiger partial charge in [-0.3, -0.25) is 0 Å². The summed E-state index contributed by atoms with van der Waals surface area (Å²) in [5.74, 6) is 2.52. The van der Waals surface area contributed by atoms with Gasteiger partial charge in [0.15, 0.2) is 23.1 Å². The van der Waals surface area contributed by atoms with Crippen LogP contribution in [0.15, 0.2) is 174 Å². The predicted molar refractivity (Wildman–Crippen MR) is 198 cm³/mol. The first-order valence-corrected chi connectivity index (χ1v) is 16.2. The number of hydrogen-bond acceptors (Lipinski definition) is 5. The first-order valence-electron chi connectivity index (χ1n) is 16.2. The van der Waals surface area contributed by atoms with E-state index in [0.717, 1.165) is 60.8 Å². The van der Waals surface area contributed by atoms with Crippen LogP contribution in [0.5, 0.6) is 0 Å². The molecule has 0 aliphatic heterocycles. The second-order valence-corrected chi connectivity index (χ2v) is 11.9. The third-order valence-electron chi connectivity index (χ3n) is 8.77. The fourth-order valence-corrected chi connectivity index (χ4v) is 6.23. The Morgan fingerprint density at radius 1 is 0.327 bits per heavy atom. The average molecular weight is 629 g/mol. The molecule has 5 heteroatoms. The van der Waals surface area contributed by atoms with E-state index in [0.29, 0.717) is 23.4 Å². The molecule has 0 amide bonds. The lowest BCUT2D eigenvalue weighted by Gasteiger charge is -2.10. The van der Waals surface area contributed by atoms with E-state index in [4.69, 9.17) is 24.4 Å². The average Bonchev–Trinajstić information content (AvgIpc) is 3.63. The SMILES string of the molecule is c1ccc(-c2ccc(-c3nc(-c4ccccc4)nc(-c4ccc5cc(-c6cccc7oc(-c8ccccc8)nc67)ccc5c4)n3)cc2)cc1. The Labute approximate surface area is 283 Å². The van der Waals surface area contributed by atoms with Crippen molar-refractivity contribution in [3.05, 3.63) is 170 Å². The van der Waals surface area contributed by atoms with Crippen LogP contribution in [0, 0.1) is 0 Å². The van der Waals surface area contributed by atoms with Crippen LogP contribution in [0.2, 0.25) is 0 Å². The molecule has 0 fully saturated rings. The maximum Gasteiger partial charge on any atom is 0.227 e. The molecule has 0 aliphatic rings. The van der Waals surface area contributed by atoms with Crippen LogP contribution in [0.25, 0.3) is 89.7 Å². The van der Waals surface area contributed by atoms with Gasteiger partial charge in [0, 0.05) is 27.8 Å². The molecule has 0 spiro atoms. The molecule has 49 heavy (non-hydrogen) atoms. The van der Waals surface area contributed by atoms with E-state index in [1.54, 1.807) is 0 Å². The highest BCUT2D eigenvalue weighted by molar-refractivity contribution is 5.96. The zero-order chi connectivity index (χ0) is 32.6. The monoisotopic (exact) mass is 628 g/mol. The standard InChI is InChI=1S/C44H28N4O/c1-4-11-29(12-5-1)30-19-21-32(22-20-30)42-46-41(31-13-6-2-7-14-31)47-43(48-42)37-26-24-34-27-36(25-23-35(34)28-37)38-17-10-18-39-40(38)45-44(49-39)33-15-8-3-9-16-33/h1-28H. The Morgan fingerprint density at radius 2 is 0.796 bits per heavy atom. The number of fused-ring (bicyclic) bond motifs is 2. The molecule has 9 rings (SSSR count). The maximum atomic E-state index is 6.15. The molecule has 0 saturated carbocycles. The number of hydrogen-bond donors (Lipinski definition) is 0. The van der Waals surface area contributed by atoms with Gasteiger partial charge in [-0.15, -0.1) is 0 Å². The molecule has 7 aromatic carbocycles. The molecule has 0 saturated heterocycles. The summed E-state index contributed by atoms with van der Waals surface area (Å²) in [6.07, 6.45) is 0. The van der Waals surface area contributed by atoms with Crippen LogP contribution in [0.3, 0.4) is 0 Å². The fraction of sp³-hybridized carbons (Fsp3) is 0. The Bertz CT molecular complexity index is 2580. The summed E-state index contributed by atoms with van der Waals surface area (Å²) in [5, 5.41) is 2.20. The zero-order valence-corrected chi connectivity index (χ0v) is 26.4. The molecule has 0 aliphatic carbocycles. The van der Waals surface area contributed by atoms with Gasteiger partial charge in [-0.25, -0.2) is 19.9 Å². The highest BCUT2D eigenvalue weighted by atomic mass is 16.3. The van der Waals surface area contributed by atoms with Gasteiger partial charge in [0.2, 0.25) is 5.89 Å². The molecule has 0 bridgehead atoms. The summed E-state index contributed by atoms with van der Waals surface area (Å²) in [4.78, 5) is 19.8. The van der Waals surface area contributed by atoms with E-state index in [1.165, 1.54) is 5.56 Å². The quantitative estimate of drug-likeness (QED) is 0.183. The van der Waals surface area contributed by atoms with Gasteiger partial charge in [-0.1, -0.05) is 140 Å². The first-order chi connectivity index (χ1) is 24.2. The molecule has 2 aromatic heterocycles. The lowest BCUT2D eigenvalue weighted by molar-refractivity contribution is 0.620. The van der Waals surface area contributed by atoms with Crippen molar-refractivity contribution in [2.24, 2.45) is 0 Å². The molecule has 0 N–H and O–H groups in total. The van der Waals surface area contributed by atoms with Gasteiger partial charge in [-0.05, 0) is 57.8 Å². The molecule has 5 nitrogen and oxygen atoms in total. The molecule has 0 unspecified atom stereocenters. The number of benzene rings is 7. The highest BCUT2D eigenvalue weighted by Gasteiger charge is 2.15. The smallest absolute Gasteiger partial charge is 0.227 e. The minimum absolute atomic E-state index is 0.618. The minimum atomic E-state index is 0.618. The number of aromatic nitrogens is 4. The molecule has 2 heterocycles. The summed E-state index contributed by atoms with van der Waals surface area (Å²) in [7, 11) is 0. The number of rotatable bonds is 6. The first kappa shape index (κ1) is 28.5. The van der Waals surface area contributed by atoms with Gasteiger partial charge in [-0.2, -0.15) is 0 Å². The van der Waals surface area contributed by atoms with Crippen LogP contribution in [0.4, 0.5) is 0 Å². The van der Waals surface area contributed by atoms with Crippen molar-refractivity contribution in [3.63, 3.8) is 0 Å². The van der Waals surface area contributed by atoms with Crippen LogP contribution in [-0.2, 0) is 0 Å².